The third kappa shape index (κ3) is 5.15. The molecule has 174 valence electrons. The lowest BCUT2D eigenvalue weighted by Gasteiger charge is -2.11. The standard InChI is InChI=1S/C25H24N4O5/c1-15-5-8-19(25-28-26-14-33-25)12-21(15)27-24(30)10-7-18-6-9-22(23(11-18)31-4)32-13-20-16(2)29-34-17(20)3/h5-12,14H,13H2,1-4H3,(H,27,30). The molecule has 9 nitrogen and oxygen atoms in total. The Bertz CT molecular complexity index is 1310. The van der Waals surface area contributed by atoms with Crippen LogP contribution in [0.25, 0.3) is 17.5 Å². The molecule has 0 atom stereocenters. The molecule has 0 bridgehead atoms. The maximum Gasteiger partial charge on any atom is 0.248 e. The molecule has 0 saturated carbocycles. The average molecular weight is 460 g/mol. The zero-order valence-corrected chi connectivity index (χ0v) is 19.3. The number of carbonyl (C=O) groups excluding carboxylic acids is 1. The summed E-state index contributed by atoms with van der Waals surface area (Å²) in [7, 11) is 1.57. The van der Waals surface area contributed by atoms with E-state index in [4.69, 9.17) is 18.4 Å². The number of rotatable bonds is 8. The Kier molecular flexibility index (Phi) is 6.72. The number of amides is 1. The molecule has 9 heteroatoms. The van der Waals surface area contributed by atoms with Gasteiger partial charge in [-0.2, -0.15) is 0 Å². The van der Waals surface area contributed by atoms with Crippen LogP contribution in [-0.2, 0) is 11.4 Å². The van der Waals surface area contributed by atoms with Crippen molar-refractivity contribution in [2.75, 3.05) is 12.4 Å². The molecule has 0 unspecified atom stereocenters. The lowest BCUT2D eigenvalue weighted by Crippen LogP contribution is -2.09. The summed E-state index contributed by atoms with van der Waals surface area (Å²) in [5.74, 6) is 1.97. The van der Waals surface area contributed by atoms with Crippen molar-refractivity contribution in [2.24, 2.45) is 0 Å². The Hall–Kier alpha value is -4.40. The zero-order valence-electron chi connectivity index (χ0n) is 19.3. The fourth-order valence-corrected chi connectivity index (χ4v) is 3.30. The number of ether oxygens (including phenoxy) is 2. The highest BCUT2D eigenvalue weighted by Gasteiger charge is 2.12. The lowest BCUT2D eigenvalue weighted by atomic mass is 10.1. The molecule has 4 rings (SSSR count). The molecule has 0 aliphatic heterocycles. The van der Waals surface area contributed by atoms with Crippen LogP contribution < -0.4 is 14.8 Å². The first-order valence-electron chi connectivity index (χ1n) is 10.5. The van der Waals surface area contributed by atoms with E-state index in [0.717, 1.165) is 33.7 Å². The first kappa shape index (κ1) is 22.8. The maximum atomic E-state index is 12.5. The van der Waals surface area contributed by atoms with E-state index in [0.29, 0.717) is 29.7 Å². The van der Waals surface area contributed by atoms with Gasteiger partial charge in [0.1, 0.15) is 12.4 Å². The van der Waals surface area contributed by atoms with Gasteiger partial charge in [-0.25, -0.2) is 0 Å². The van der Waals surface area contributed by atoms with Gasteiger partial charge in [-0.05, 0) is 62.2 Å². The summed E-state index contributed by atoms with van der Waals surface area (Å²) in [5, 5.41) is 14.4. The molecule has 0 spiro atoms. The van der Waals surface area contributed by atoms with Gasteiger partial charge < -0.3 is 23.7 Å². The predicted octanol–water partition coefficient (Wildman–Crippen LogP) is 4.89. The fraction of sp³-hybridized carbons (Fsp3) is 0.200. The quantitative estimate of drug-likeness (QED) is 0.370. The number of aryl methyl sites for hydroxylation is 3. The molecule has 0 aliphatic carbocycles. The van der Waals surface area contributed by atoms with Crippen LogP contribution in [0.4, 0.5) is 5.69 Å². The van der Waals surface area contributed by atoms with Crippen molar-refractivity contribution in [3.63, 3.8) is 0 Å². The molecule has 0 fully saturated rings. The van der Waals surface area contributed by atoms with Crippen LogP contribution in [0.3, 0.4) is 0 Å². The van der Waals surface area contributed by atoms with Crippen molar-refractivity contribution in [1.82, 2.24) is 15.4 Å². The Morgan fingerprint density at radius 1 is 1.12 bits per heavy atom. The highest BCUT2D eigenvalue weighted by molar-refractivity contribution is 6.02. The van der Waals surface area contributed by atoms with Gasteiger partial charge in [0.05, 0.1) is 18.4 Å². The minimum absolute atomic E-state index is 0.275. The van der Waals surface area contributed by atoms with E-state index >= 15 is 0 Å². The predicted molar refractivity (Wildman–Crippen MR) is 125 cm³/mol. The molecule has 4 aromatic rings. The monoisotopic (exact) mass is 460 g/mol. The van der Waals surface area contributed by atoms with Crippen LogP contribution in [0.2, 0.25) is 0 Å². The van der Waals surface area contributed by atoms with E-state index in [9.17, 15) is 4.79 Å². The van der Waals surface area contributed by atoms with Gasteiger partial charge in [0.2, 0.25) is 18.2 Å². The number of nitrogens with one attached hydrogen (secondary N) is 1. The van der Waals surface area contributed by atoms with Gasteiger partial charge in [-0.1, -0.05) is 17.3 Å². The summed E-state index contributed by atoms with van der Waals surface area (Å²) in [4.78, 5) is 12.5. The lowest BCUT2D eigenvalue weighted by molar-refractivity contribution is -0.111. The van der Waals surface area contributed by atoms with Gasteiger partial charge >= 0.3 is 0 Å². The van der Waals surface area contributed by atoms with Gasteiger partial charge in [-0.3, -0.25) is 4.79 Å². The van der Waals surface area contributed by atoms with E-state index in [1.54, 1.807) is 31.4 Å². The first-order chi connectivity index (χ1) is 16.4. The van der Waals surface area contributed by atoms with Crippen LogP contribution in [0, 0.1) is 20.8 Å². The summed E-state index contributed by atoms with van der Waals surface area (Å²) in [5.41, 5.74) is 4.77. The Morgan fingerprint density at radius 2 is 1.97 bits per heavy atom. The third-order valence-corrected chi connectivity index (χ3v) is 5.27. The Balaban J connectivity index is 1.43. The Labute approximate surface area is 196 Å². The minimum Gasteiger partial charge on any atom is -0.493 e. The van der Waals surface area contributed by atoms with Crippen LogP contribution >= 0.6 is 0 Å². The summed E-state index contributed by atoms with van der Waals surface area (Å²) in [6.07, 6.45) is 4.42. The van der Waals surface area contributed by atoms with Crippen LogP contribution in [-0.4, -0.2) is 28.4 Å². The number of carbonyl (C=O) groups is 1. The van der Waals surface area contributed by atoms with E-state index in [1.807, 2.05) is 39.0 Å². The molecule has 2 heterocycles. The van der Waals surface area contributed by atoms with Gasteiger partial charge in [-0.15, -0.1) is 10.2 Å². The zero-order chi connectivity index (χ0) is 24.1. The molecule has 1 amide bonds. The molecule has 34 heavy (non-hydrogen) atoms. The van der Waals surface area contributed by atoms with E-state index < -0.39 is 0 Å². The topological polar surface area (TPSA) is 113 Å². The first-order valence-corrected chi connectivity index (χ1v) is 10.5. The van der Waals surface area contributed by atoms with Crippen LogP contribution in [0.1, 0.15) is 28.1 Å². The van der Waals surface area contributed by atoms with Gasteiger partial charge in [0, 0.05) is 17.3 Å². The third-order valence-electron chi connectivity index (χ3n) is 5.27. The van der Waals surface area contributed by atoms with E-state index in [1.165, 1.54) is 12.5 Å². The summed E-state index contributed by atoms with van der Waals surface area (Å²) in [6, 6.07) is 11.0. The van der Waals surface area contributed by atoms with Crippen molar-refractivity contribution in [1.29, 1.82) is 0 Å². The highest BCUT2D eigenvalue weighted by atomic mass is 16.5. The molecule has 2 aromatic carbocycles. The van der Waals surface area contributed by atoms with Crippen molar-refractivity contribution < 1.29 is 23.2 Å². The van der Waals surface area contributed by atoms with Gasteiger partial charge in [0.25, 0.3) is 0 Å². The number of hydrogen-bond acceptors (Lipinski definition) is 8. The molecule has 0 aliphatic rings. The second-order valence-electron chi connectivity index (χ2n) is 7.60. The molecular weight excluding hydrogens is 436 g/mol. The van der Waals surface area contributed by atoms with E-state index in [2.05, 4.69) is 20.7 Å². The van der Waals surface area contributed by atoms with E-state index in [-0.39, 0.29) is 5.91 Å². The second kappa shape index (κ2) is 10.0. The largest absolute Gasteiger partial charge is 0.493 e. The molecular formula is C25H24N4O5. The van der Waals surface area contributed by atoms with Crippen LogP contribution in [0.15, 0.2) is 57.8 Å². The van der Waals surface area contributed by atoms with Crippen LogP contribution in [0.5, 0.6) is 11.5 Å². The highest BCUT2D eigenvalue weighted by Crippen LogP contribution is 2.30. The fourth-order valence-electron chi connectivity index (χ4n) is 3.30. The Morgan fingerprint density at radius 3 is 2.68 bits per heavy atom. The van der Waals surface area contributed by atoms with Gasteiger partial charge in [0.15, 0.2) is 11.5 Å². The normalized spacial score (nSPS) is 11.1. The average Bonchev–Trinajstić information content (AvgIpc) is 3.48. The molecule has 0 radical (unpaired) electrons. The number of anilines is 1. The molecule has 2 aromatic heterocycles. The summed E-state index contributed by atoms with van der Waals surface area (Å²) in [6.45, 7) is 5.94. The van der Waals surface area contributed by atoms with Crippen molar-refractivity contribution in [3.05, 3.63) is 77.0 Å². The maximum absolute atomic E-state index is 12.5. The van der Waals surface area contributed by atoms with Crippen molar-refractivity contribution in [2.45, 2.75) is 27.4 Å². The molecule has 1 N–H and O–H groups in total. The number of aromatic nitrogens is 3. The molecule has 0 saturated heterocycles. The minimum atomic E-state index is -0.275. The summed E-state index contributed by atoms with van der Waals surface area (Å²) >= 11 is 0. The number of nitrogens with zero attached hydrogens (tertiary/aromatic N) is 3. The summed E-state index contributed by atoms with van der Waals surface area (Å²) < 4.78 is 21.8. The second-order valence-corrected chi connectivity index (χ2v) is 7.60. The SMILES string of the molecule is COc1cc(C=CC(=O)Nc2cc(-c3nnco3)ccc2C)ccc1OCc1c(C)noc1C. The smallest absolute Gasteiger partial charge is 0.248 e. The number of hydrogen-bond donors (Lipinski definition) is 1. The number of methoxy groups -OCH3 is 1. The van der Waals surface area contributed by atoms with Crippen molar-refractivity contribution in [3.8, 4) is 23.0 Å². The van der Waals surface area contributed by atoms with Crippen molar-refractivity contribution >= 4 is 17.7 Å². The number of benzene rings is 2.